The van der Waals surface area contributed by atoms with Gasteiger partial charge in [0.15, 0.2) is 0 Å². The smallest absolute Gasteiger partial charge is 0.507 e. The normalized spacial score (nSPS) is 17.9. The van der Waals surface area contributed by atoms with Crippen LogP contribution in [0.1, 0.15) is 34.3 Å². The summed E-state index contributed by atoms with van der Waals surface area (Å²) in [5, 5.41) is 11.1. The fourth-order valence-electron chi connectivity index (χ4n) is 3.84. The molecule has 3 aromatic rings. The van der Waals surface area contributed by atoms with Crippen LogP contribution in [0.2, 0.25) is 0 Å². The topological polar surface area (TPSA) is 80.0 Å². The van der Waals surface area contributed by atoms with Crippen LogP contribution in [0.4, 0.5) is 18.9 Å². The number of ether oxygens (including phenoxy) is 1. The van der Waals surface area contributed by atoms with Crippen LogP contribution in [-0.2, 0) is 9.59 Å². The number of Topliss-reactive ketones (excluding diaryl/α,β-unsaturated/α-hetero) is 1. The van der Waals surface area contributed by atoms with Gasteiger partial charge < -0.3 is 14.3 Å². The average Bonchev–Trinajstić information content (AvgIpc) is 3.29. The lowest BCUT2D eigenvalue weighted by Gasteiger charge is -2.24. The number of aryl methyl sites for hydroxylation is 3. The van der Waals surface area contributed by atoms with Crippen molar-refractivity contribution in [2.75, 3.05) is 4.90 Å². The first-order valence-electron chi connectivity index (χ1n) is 10.3. The number of amides is 1. The van der Waals surface area contributed by atoms with Crippen molar-refractivity contribution in [2.24, 2.45) is 0 Å². The van der Waals surface area contributed by atoms with E-state index in [0.29, 0.717) is 11.3 Å². The van der Waals surface area contributed by atoms with E-state index in [2.05, 4.69) is 4.74 Å². The Morgan fingerprint density at radius 2 is 1.74 bits per heavy atom. The van der Waals surface area contributed by atoms with Crippen molar-refractivity contribution in [2.45, 2.75) is 33.2 Å². The number of hydrogen-bond acceptors (Lipinski definition) is 5. The average molecular weight is 471 g/mol. The maximum atomic E-state index is 13.1. The number of aliphatic hydroxyl groups is 1. The van der Waals surface area contributed by atoms with Crippen molar-refractivity contribution < 1.29 is 37.0 Å². The summed E-state index contributed by atoms with van der Waals surface area (Å²) < 4.78 is 47.9. The molecular formula is C25H20F3NO5. The molecule has 0 aliphatic carbocycles. The molecule has 0 spiro atoms. The van der Waals surface area contributed by atoms with Gasteiger partial charge in [0.25, 0.3) is 11.7 Å². The first kappa shape index (κ1) is 23.2. The highest BCUT2D eigenvalue weighted by atomic mass is 19.4. The van der Waals surface area contributed by atoms with Gasteiger partial charge in [-0.25, -0.2) is 0 Å². The molecule has 34 heavy (non-hydrogen) atoms. The monoisotopic (exact) mass is 471 g/mol. The van der Waals surface area contributed by atoms with Gasteiger partial charge in [-0.1, -0.05) is 18.2 Å². The van der Waals surface area contributed by atoms with E-state index in [4.69, 9.17) is 4.42 Å². The fourth-order valence-corrected chi connectivity index (χ4v) is 3.84. The van der Waals surface area contributed by atoms with Gasteiger partial charge in [0.05, 0.1) is 5.57 Å². The second kappa shape index (κ2) is 8.40. The number of benzene rings is 2. The number of aliphatic hydroxyl groups excluding tert-OH is 1. The Hall–Kier alpha value is -4.01. The number of alkyl halides is 3. The van der Waals surface area contributed by atoms with Gasteiger partial charge in [-0.2, -0.15) is 0 Å². The van der Waals surface area contributed by atoms with Crippen molar-refractivity contribution in [1.82, 2.24) is 0 Å². The molecule has 2 heterocycles. The minimum absolute atomic E-state index is 0.0259. The number of halogens is 3. The van der Waals surface area contributed by atoms with Crippen molar-refractivity contribution in [1.29, 1.82) is 0 Å². The van der Waals surface area contributed by atoms with E-state index in [-0.39, 0.29) is 17.0 Å². The third kappa shape index (κ3) is 4.28. The molecule has 1 N–H and O–H groups in total. The fraction of sp³-hybridized carbons (Fsp3) is 0.200. The van der Waals surface area contributed by atoms with Crippen LogP contribution in [0.3, 0.4) is 0 Å². The zero-order valence-corrected chi connectivity index (χ0v) is 18.4. The van der Waals surface area contributed by atoms with Crippen molar-refractivity contribution in [3.63, 3.8) is 0 Å². The van der Waals surface area contributed by atoms with Gasteiger partial charge in [0.2, 0.25) is 0 Å². The van der Waals surface area contributed by atoms with Gasteiger partial charge in [0, 0.05) is 17.3 Å². The maximum Gasteiger partial charge on any atom is 0.573 e. The van der Waals surface area contributed by atoms with E-state index in [9.17, 15) is 27.9 Å². The first-order valence-corrected chi connectivity index (χ1v) is 10.3. The quantitative estimate of drug-likeness (QED) is 0.299. The van der Waals surface area contributed by atoms with E-state index in [1.165, 1.54) is 12.1 Å². The van der Waals surface area contributed by atoms with Crippen LogP contribution in [0, 0.1) is 20.8 Å². The molecule has 9 heteroatoms. The van der Waals surface area contributed by atoms with Crippen LogP contribution < -0.4 is 9.64 Å². The summed E-state index contributed by atoms with van der Waals surface area (Å²) in [5.74, 6) is -2.32. The Kier molecular flexibility index (Phi) is 5.72. The van der Waals surface area contributed by atoms with E-state index < -0.39 is 35.6 Å². The number of furan rings is 1. The number of hydrogen-bond donors (Lipinski definition) is 1. The summed E-state index contributed by atoms with van der Waals surface area (Å²) in [6.45, 7) is 5.39. The third-order valence-corrected chi connectivity index (χ3v) is 5.58. The number of rotatable bonds is 4. The van der Waals surface area contributed by atoms with Crippen LogP contribution in [0.25, 0.3) is 5.76 Å². The molecule has 0 saturated carbocycles. The molecule has 6 nitrogen and oxygen atoms in total. The number of ketones is 1. The Morgan fingerprint density at radius 1 is 1.00 bits per heavy atom. The number of anilines is 1. The Balaban J connectivity index is 1.89. The molecule has 4 rings (SSSR count). The number of carbonyl (C=O) groups excluding carboxylic acids is 2. The standard InChI is InChI=1S/C25H20F3NO5/c1-13-7-9-16(11-14(13)2)22(30)20-21(19-10-8-15(3)33-19)29(24(32)23(20)31)17-5-4-6-18(12-17)34-25(26,27)28/h4-12,21,30H,1-3H3/b22-20-. The van der Waals surface area contributed by atoms with E-state index in [1.54, 1.807) is 37.3 Å². The molecule has 1 saturated heterocycles. The number of carbonyl (C=O) groups is 2. The van der Waals surface area contributed by atoms with Crippen LogP contribution >= 0.6 is 0 Å². The molecule has 1 unspecified atom stereocenters. The Bertz CT molecular complexity index is 1320. The van der Waals surface area contributed by atoms with Gasteiger partial charge in [-0.05, 0) is 62.2 Å². The van der Waals surface area contributed by atoms with Gasteiger partial charge in [0.1, 0.15) is 29.1 Å². The van der Waals surface area contributed by atoms with Gasteiger partial charge in [-0.15, -0.1) is 13.2 Å². The van der Waals surface area contributed by atoms with Crippen LogP contribution in [-0.4, -0.2) is 23.2 Å². The predicted octanol–water partition coefficient (Wildman–Crippen LogP) is 5.73. The molecule has 2 aromatic carbocycles. The summed E-state index contributed by atoms with van der Waals surface area (Å²) in [4.78, 5) is 27.2. The summed E-state index contributed by atoms with van der Waals surface area (Å²) >= 11 is 0. The predicted molar refractivity (Wildman–Crippen MR) is 117 cm³/mol. The van der Waals surface area contributed by atoms with Gasteiger partial charge in [-0.3, -0.25) is 14.5 Å². The van der Waals surface area contributed by atoms with E-state index in [0.717, 1.165) is 28.2 Å². The number of nitrogens with zero attached hydrogens (tertiary/aromatic N) is 1. The van der Waals surface area contributed by atoms with E-state index in [1.807, 2.05) is 13.8 Å². The third-order valence-electron chi connectivity index (χ3n) is 5.58. The highest BCUT2D eigenvalue weighted by molar-refractivity contribution is 6.51. The lowest BCUT2D eigenvalue weighted by molar-refractivity contribution is -0.274. The highest BCUT2D eigenvalue weighted by Crippen LogP contribution is 2.43. The summed E-state index contributed by atoms with van der Waals surface area (Å²) in [7, 11) is 0. The van der Waals surface area contributed by atoms with E-state index >= 15 is 0 Å². The molecule has 1 aliphatic rings. The second-order valence-electron chi connectivity index (χ2n) is 7.96. The zero-order valence-electron chi connectivity index (χ0n) is 18.4. The molecule has 1 aliphatic heterocycles. The largest absolute Gasteiger partial charge is 0.573 e. The maximum absolute atomic E-state index is 13.1. The molecule has 0 bridgehead atoms. The molecular weight excluding hydrogens is 451 g/mol. The molecule has 1 aromatic heterocycles. The highest BCUT2D eigenvalue weighted by Gasteiger charge is 2.48. The lowest BCUT2D eigenvalue weighted by atomic mass is 9.97. The first-order chi connectivity index (χ1) is 16.0. The minimum atomic E-state index is -4.94. The minimum Gasteiger partial charge on any atom is -0.507 e. The van der Waals surface area contributed by atoms with Crippen LogP contribution in [0.5, 0.6) is 5.75 Å². The lowest BCUT2D eigenvalue weighted by Crippen LogP contribution is -2.29. The Morgan fingerprint density at radius 3 is 2.35 bits per heavy atom. The van der Waals surface area contributed by atoms with Gasteiger partial charge >= 0.3 is 6.36 Å². The molecule has 0 radical (unpaired) electrons. The molecule has 176 valence electrons. The second-order valence-corrected chi connectivity index (χ2v) is 7.96. The Labute approximate surface area is 192 Å². The molecule has 1 atom stereocenters. The summed E-state index contributed by atoms with van der Waals surface area (Å²) in [6.07, 6.45) is -4.94. The molecule has 1 amide bonds. The summed E-state index contributed by atoms with van der Waals surface area (Å²) in [5.41, 5.74) is 1.90. The van der Waals surface area contributed by atoms with Crippen LogP contribution in [0.15, 0.2) is 64.6 Å². The molecule has 1 fully saturated rings. The van der Waals surface area contributed by atoms with Crippen molar-refractivity contribution in [3.05, 3.63) is 88.4 Å². The zero-order chi connectivity index (χ0) is 24.8. The van der Waals surface area contributed by atoms with Crippen molar-refractivity contribution in [3.8, 4) is 5.75 Å². The van der Waals surface area contributed by atoms with Crippen molar-refractivity contribution >= 4 is 23.1 Å². The SMILES string of the molecule is Cc1ccc(C2/C(=C(/O)c3ccc(C)c(C)c3)C(=O)C(=O)N2c2cccc(OC(F)(F)F)c2)o1. The summed E-state index contributed by atoms with van der Waals surface area (Å²) in [6, 6.07) is 11.7.